The second kappa shape index (κ2) is 6.79. The number of benzene rings is 2. The normalized spacial score (nSPS) is 12.5. The van der Waals surface area contributed by atoms with E-state index in [1.165, 1.54) is 18.2 Å². The molecule has 0 bridgehead atoms. The molecule has 21 heavy (non-hydrogen) atoms. The van der Waals surface area contributed by atoms with E-state index in [9.17, 15) is 13.2 Å². The van der Waals surface area contributed by atoms with Crippen LogP contribution < -0.4 is 11.3 Å². The fraction of sp³-hybridized carbons (Fsp3) is 0.143. The lowest BCUT2D eigenvalue weighted by molar-refractivity contribution is 0.491. The lowest BCUT2D eigenvalue weighted by atomic mass is 9.99. The highest BCUT2D eigenvalue weighted by molar-refractivity contribution is 9.10. The van der Waals surface area contributed by atoms with Gasteiger partial charge in [-0.15, -0.1) is 0 Å². The maximum atomic E-state index is 13.6. The van der Waals surface area contributed by atoms with Crippen molar-refractivity contribution in [1.82, 2.24) is 5.43 Å². The van der Waals surface area contributed by atoms with E-state index in [0.717, 1.165) is 6.07 Å². The molecule has 1 unspecified atom stereocenters. The van der Waals surface area contributed by atoms with Crippen molar-refractivity contribution < 1.29 is 13.2 Å². The first-order valence-corrected chi connectivity index (χ1v) is 7.14. The topological polar surface area (TPSA) is 38.0 Å². The third-order valence-electron chi connectivity index (χ3n) is 3.07. The Balaban J connectivity index is 2.32. The minimum absolute atomic E-state index is 0.0140. The van der Waals surface area contributed by atoms with Crippen molar-refractivity contribution in [1.29, 1.82) is 0 Å². The highest BCUT2D eigenvalue weighted by Crippen LogP contribution is 2.30. The van der Waals surface area contributed by atoms with Crippen LogP contribution in [0.2, 0.25) is 5.02 Å². The first-order chi connectivity index (χ1) is 9.93. The van der Waals surface area contributed by atoms with Crippen LogP contribution in [0.25, 0.3) is 0 Å². The minimum atomic E-state index is -0.991. The minimum Gasteiger partial charge on any atom is -0.271 e. The highest BCUT2D eigenvalue weighted by atomic mass is 79.9. The van der Waals surface area contributed by atoms with Gasteiger partial charge in [0.15, 0.2) is 11.6 Å². The third-order valence-corrected chi connectivity index (χ3v) is 4.18. The Hall–Kier alpha value is -1.08. The van der Waals surface area contributed by atoms with Gasteiger partial charge in [-0.05, 0) is 51.7 Å². The number of hydrogen-bond donors (Lipinski definition) is 2. The van der Waals surface area contributed by atoms with E-state index in [-0.39, 0.29) is 15.9 Å². The summed E-state index contributed by atoms with van der Waals surface area (Å²) in [5.41, 5.74) is 3.57. The highest BCUT2D eigenvalue weighted by Gasteiger charge is 2.19. The molecule has 0 aromatic heterocycles. The lowest BCUT2D eigenvalue weighted by Crippen LogP contribution is -2.30. The summed E-state index contributed by atoms with van der Waals surface area (Å²) in [7, 11) is 0. The summed E-state index contributed by atoms with van der Waals surface area (Å²) in [5, 5.41) is 0.0185. The van der Waals surface area contributed by atoms with E-state index >= 15 is 0 Å². The molecule has 0 heterocycles. The summed E-state index contributed by atoms with van der Waals surface area (Å²) < 4.78 is 40.1. The van der Waals surface area contributed by atoms with Gasteiger partial charge < -0.3 is 0 Å². The molecule has 7 heteroatoms. The van der Waals surface area contributed by atoms with Crippen LogP contribution in [0.4, 0.5) is 13.2 Å². The first-order valence-electron chi connectivity index (χ1n) is 5.97. The number of rotatable bonds is 4. The van der Waals surface area contributed by atoms with Crippen molar-refractivity contribution in [2.45, 2.75) is 12.5 Å². The summed E-state index contributed by atoms with van der Waals surface area (Å²) >= 11 is 8.62. The van der Waals surface area contributed by atoms with Gasteiger partial charge in [0.25, 0.3) is 0 Å². The van der Waals surface area contributed by atoms with Crippen LogP contribution >= 0.6 is 27.5 Å². The van der Waals surface area contributed by atoms with Crippen molar-refractivity contribution in [3.05, 3.63) is 68.4 Å². The Bertz CT molecular complexity index is 667. The van der Waals surface area contributed by atoms with Crippen molar-refractivity contribution >= 4 is 27.5 Å². The quantitative estimate of drug-likeness (QED) is 0.473. The number of nitrogens with two attached hydrogens (primary N) is 1. The summed E-state index contributed by atoms with van der Waals surface area (Å²) in [6.45, 7) is 0. The predicted molar refractivity (Wildman–Crippen MR) is 79.2 cm³/mol. The van der Waals surface area contributed by atoms with Crippen molar-refractivity contribution in [3.8, 4) is 0 Å². The Labute approximate surface area is 133 Å². The monoisotopic (exact) mass is 378 g/mol. The van der Waals surface area contributed by atoms with E-state index in [1.54, 1.807) is 6.07 Å². The van der Waals surface area contributed by atoms with Crippen LogP contribution in [0.1, 0.15) is 17.2 Å². The zero-order valence-corrected chi connectivity index (χ0v) is 13.0. The molecule has 0 spiro atoms. The second-order valence-electron chi connectivity index (χ2n) is 4.44. The van der Waals surface area contributed by atoms with E-state index in [0.29, 0.717) is 11.1 Å². The summed E-state index contributed by atoms with van der Waals surface area (Å²) in [4.78, 5) is 0. The molecule has 0 fully saturated rings. The predicted octanol–water partition coefficient (Wildman–Crippen LogP) is 4.27. The van der Waals surface area contributed by atoms with Crippen molar-refractivity contribution in [3.63, 3.8) is 0 Å². The van der Waals surface area contributed by atoms with Crippen LogP contribution in [0.15, 0.2) is 34.8 Å². The molecule has 112 valence electrons. The summed E-state index contributed by atoms with van der Waals surface area (Å²) in [5.74, 6) is 2.97. The average Bonchev–Trinajstić information content (AvgIpc) is 2.47. The molecule has 3 N–H and O–H groups in total. The van der Waals surface area contributed by atoms with Crippen molar-refractivity contribution in [2.24, 2.45) is 5.84 Å². The molecule has 0 saturated carbocycles. The number of hydrogen-bond acceptors (Lipinski definition) is 2. The zero-order chi connectivity index (χ0) is 15.6. The van der Waals surface area contributed by atoms with Crippen LogP contribution in [0.5, 0.6) is 0 Å². The number of nitrogens with one attached hydrogen (secondary N) is 1. The molecule has 0 aliphatic rings. The molecule has 0 aliphatic carbocycles. The third kappa shape index (κ3) is 3.58. The van der Waals surface area contributed by atoms with Gasteiger partial charge in [-0.3, -0.25) is 11.3 Å². The van der Waals surface area contributed by atoms with E-state index in [2.05, 4.69) is 21.4 Å². The maximum absolute atomic E-state index is 13.6. The van der Waals surface area contributed by atoms with Gasteiger partial charge >= 0.3 is 0 Å². The molecule has 2 nitrogen and oxygen atoms in total. The van der Waals surface area contributed by atoms with Crippen LogP contribution in [0, 0.1) is 17.5 Å². The Kier molecular flexibility index (Phi) is 5.27. The summed E-state index contributed by atoms with van der Waals surface area (Å²) in [6, 6.07) is 6.26. The van der Waals surface area contributed by atoms with Gasteiger partial charge in [-0.25, -0.2) is 13.2 Å². The molecule has 2 aromatic rings. The molecule has 2 rings (SSSR count). The summed E-state index contributed by atoms with van der Waals surface area (Å²) in [6.07, 6.45) is 0.286. The standard InChI is InChI=1S/C14H11BrClF3N2/c15-13-8(2-4-10(17)14(13)19)12(21-20)6-7-1-3-9(16)11(18)5-7/h1-5,12,21H,6,20H2. The van der Waals surface area contributed by atoms with Gasteiger partial charge in [-0.2, -0.15) is 0 Å². The molecular weight excluding hydrogens is 369 g/mol. The van der Waals surface area contributed by atoms with Crippen molar-refractivity contribution in [2.75, 3.05) is 0 Å². The Morgan fingerprint density at radius 2 is 1.86 bits per heavy atom. The SMILES string of the molecule is NNC(Cc1ccc(Cl)c(F)c1)c1ccc(F)c(F)c1Br. The molecular formula is C14H11BrClF3N2. The van der Waals surface area contributed by atoms with Gasteiger partial charge in [-0.1, -0.05) is 23.7 Å². The second-order valence-corrected chi connectivity index (χ2v) is 5.64. The van der Waals surface area contributed by atoms with Crippen LogP contribution in [-0.4, -0.2) is 0 Å². The molecule has 0 aliphatic heterocycles. The zero-order valence-electron chi connectivity index (χ0n) is 10.6. The number of halogens is 5. The smallest absolute Gasteiger partial charge is 0.173 e. The molecule has 0 amide bonds. The van der Waals surface area contributed by atoms with E-state index in [4.69, 9.17) is 17.4 Å². The number of hydrazine groups is 1. The largest absolute Gasteiger partial charge is 0.271 e. The fourth-order valence-electron chi connectivity index (χ4n) is 1.97. The van der Waals surface area contributed by atoms with Crippen LogP contribution in [-0.2, 0) is 6.42 Å². The van der Waals surface area contributed by atoms with Crippen LogP contribution in [0.3, 0.4) is 0 Å². The van der Waals surface area contributed by atoms with Gasteiger partial charge in [0.2, 0.25) is 0 Å². The maximum Gasteiger partial charge on any atom is 0.173 e. The van der Waals surface area contributed by atoms with Gasteiger partial charge in [0.1, 0.15) is 5.82 Å². The molecule has 1 atom stereocenters. The van der Waals surface area contributed by atoms with E-state index < -0.39 is 23.5 Å². The Morgan fingerprint density at radius 3 is 2.48 bits per heavy atom. The van der Waals surface area contributed by atoms with Gasteiger partial charge in [0.05, 0.1) is 15.5 Å². The Morgan fingerprint density at radius 1 is 1.14 bits per heavy atom. The van der Waals surface area contributed by atoms with E-state index in [1.807, 2.05) is 0 Å². The molecule has 0 radical (unpaired) electrons. The van der Waals surface area contributed by atoms with Gasteiger partial charge in [0, 0.05) is 0 Å². The lowest BCUT2D eigenvalue weighted by Gasteiger charge is -2.18. The molecule has 2 aromatic carbocycles. The first kappa shape index (κ1) is 16.3. The fourth-order valence-corrected chi connectivity index (χ4v) is 2.69. The molecule has 0 saturated heterocycles. The average molecular weight is 380 g/mol.